The predicted molar refractivity (Wildman–Crippen MR) is 65.7 cm³/mol. The number of nitrogens with zero attached hydrogens (tertiary/aromatic N) is 1. The van der Waals surface area contributed by atoms with Gasteiger partial charge in [-0.15, -0.1) is 0 Å². The lowest BCUT2D eigenvalue weighted by Gasteiger charge is -2.26. The van der Waals surface area contributed by atoms with Gasteiger partial charge in [0.2, 0.25) is 5.91 Å². The molecule has 4 nitrogen and oxygen atoms in total. The number of nitrogens with one attached hydrogen (secondary N) is 1. The standard InChI is InChI=1S/C12H25N3O/c1-15(10-6-9-12(16)14-13)11-7-4-2-3-5-8-11/h11H,2-10,13H2,1H3,(H,14,16). The Kier molecular flexibility index (Phi) is 6.42. The number of carbonyl (C=O) groups is 1. The Morgan fingerprint density at radius 2 is 1.94 bits per heavy atom. The second kappa shape index (κ2) is 7.63. The van der Waals surface area contributed by atoms with Gasteiger partial charge in [-0.25, -0.2) is 5.84 Å². The van der Waals surface area contributed by atoms with Gasteiger partial charge in [-0.1, -0.05) is 25.7 Å². The maximum absolute atomic E-state index is 11.0. The van der Waals surface area contributed by atoms with Crippen molar-refractivity contribution in [3.05, 3.63) is 0 Å². The third-order valence-corrected chi connectivity index (χ3v) is 3.52. The van der Waals surface area contributed by atoms with E-state index in [0.29, 0.717) is 6.42 Å². The van der Waals surface area contributed by atoms with Crippen molar-refractivity contribution in [1.29, 1.82) is 0 Å². The van der Waals surface area contributed by atoms with Gasteiger partial charge in [0.15, 0.2) is 0 Å². The van der Waals surface area contributed by atoms with Gasteiger partial charge in [0.25, 0.3) is 0 Å². The van der Waals surface area contributed by atoms with Gasteiger partial charge in [0, 0.05) is 12.5 Å². The van der Waals surface area contributed by atoms with Crippen LogP contribution < -0.4 is 11.3 Å². The molecule has 4 heteroatoms. The van der Waals surface area contributed by atoms with Gasteiger partial charge in [0.05, 0.1) is 0 Å². The van der Waals surface area contributed by atoms with Gasteiger partial charge < -0.3 is 4.90 Å². The highest BCUT2D eigenvalue weighted by molar-refractivity contribution is 5.75. The van der Waals surface area contributed by atoms with E-state index in [4.69, 9.17) is 5.84 Å². The molecule has 0 aliphatic heterocycles. The Balaban J connectivity index is 2.17. The second-order valence-corrected chi connectivity index (χ2v) is 4.80. The molecule has 0 saturated heterocycles. The molecular weight excluding hydrogens is 202 g/mol. The molecule has 1 rings (SSSR count). The third-order valence-electron chi connectivity index (χ3n) is 3.52. The molecule has 1 amide bonds. The van der Waals surface area contributed by atoms with Gasteiger partial charge in [-0.3, -0.25) is 10.2 Å². The average molecular weight is 227 g/mol. The van der Waals surface area contributed by atoms with Crippen LogP contribution in [0.3, 0.4) is 0 Å². The van der Waals surface area contributed by atoms with Crippen LogP contribution >= 0.6 is 0 Å². The van der Waals surface area contributed by atoms with Crippen molar-refractivity contribution in [3.63, 3.8) is 0 Å². The van der Waals surface area contributed by atoms with Crippen LogP contribution in [0.15, 0.2) is 0 Å². The first-order valence-corrected chi connectivity index (χ1v) is 6.43. The smallest absolute Gasteiger partial charge is 0.233 e. The zero-order chi connectivity index (χ0) is 11.8. The van der Waals surface area contributed by atoms with Crippen molar-refractivity contribution >= 4 is 5.91 Å². The van der Waals surface area contributed by atoms with Crippen molar-refractivity contribution in [1.82, 2.24) is 10.3 Å². The molecule has 1 saturated carbocycles. The number of amides is 1. The zero-order valence-corrected chi connectivity index (χ0v) is 10.4. The molecule has 0 atom stereocenters. The Hall–Kier alpha value is -0.610. The van der Waals surface area contributed by atoms with Crippen molar-refractivity contribution in [3.8, 4) is 0 Å². The van der Waals surface area contributed by atoms with Crippen LogP contribution in [-0.4, -0.2) is 30.4 Å². The first-order valence-electron chi connectivity index (χ1n) is 6.43. The van der Waals surface area contributed by atoms with Crippen LogP contribution in [0.1, 0.15) is 51.4 Å². The molecule has 0 aromatic rings. The second-order valence-electron chi connectivity index (χ2n) is 4.80. The predicted octanol–water partition coefficient (Wildman–Crippen LogP) is 1.41. The summed E-state index contributed by atoms with van der Waals surface area (Å²) in [6, 6.07) is 0.725. The molecule has 0 aromatic carbocycles. The van der Waals surface area contributed by atoms with Crippen LogP contribution in [-0.2, 0) is 4.79 Å². The Morgan fingerprint density at radius 3 is 2.50 bits per heavy atom. The van der Waals surface area contributed by atoms with Crippen LogP contribution in [0.5, 0.6) is 0 Å². The van der Waals surface area contributed by atoms with Crippen LogP contribution in [0.2, 0.25) is 0 Å². The minimum absolute atomic E-state index is 0.0609. The SMILES string of the molecule is CN(CCCC(=O)NN)C1CCCCCC1. The fourth-order valence-electron chi connectivity index (χ4n) is 2.44. The summed E-state index contributed by atoms with van der Waals surface area (Å²) >= 11 is 0. The average Bonchev–Trinajstić information content (AvgIpc) is 2.57. The molecule has 0 bridgehead atoms. The lowest BCUT2D eigenvalue weighted by Crippen LogP contribution is -2.34. The number of hydrogen-bond acceptors (Lipinski definition) is 3. The highest BCUT2D eigenvalue weighted by Gasteiger charge is 2.16. The summed E-state index contributed by atoms with van der Waals surface area (Å²) < 4.78 is 0. The first-order chi connectivity index (χ1) is 7.74. The maximum Gasteiger partial charge on any atom is 0.233 e. The molecule has 3 N–H and O–H groups in total. The van der Waals surface area contributed by atoms with Gasteiger partial charge >= 0.3 is 0 Å². The van der Waals surface area contributed by atoms with E-state index in [9.17, 15) is 4.79 Å². The topological polar surface area (TPSA) is 58.4 Å². The van der Waals surface area contributed by atoms with Crippen molar-refractivity contribution < 1.29 is 4.79 Å². The Bertz CT molecular complexity index is 200. The summed E-state index contributed by atoms with van der Waals surface area (Å²) in [7, 11) is 2.18. The third kappa shape index (κ3) is 4.94. The number of rotatable bonds is 5. The fraction of sp³-hybridized carbons (Fsp3) is 0.917. The van der Waals surface area contributed by atoms with Gasteiger partial charge in [0.1, 0.15) is 0 Å². The molecular formula is C12H25N3O. The minimum atomic E-state index is -0.0609. The quantitative estimate of drug-likeness (QED) is 0.323. The summed E-state index contributed by atoms with van der Waals surface area (Å²) in [6.45, 7) is 0.998. The van der Waals surface area contributed by atoms with Crippen molar-refractivity contribution in [2.75, 3.05) is 13.6 Å². The van der Waals surface area contributed by atoms with Gasteiger partial charge in [-0.2, -0.15) is 0 Å². The Labute approximate surface area is 98.5 Å². The number of nitrogens with two attached hydrogens (primary N) is 1. The van der Waals surface area contributed by atoms with E-state index in [-0.39, 0.29) is 5.91 Å². The maximum atomic E-state index is 11.0. The largest absolute Gasteiger partial charge is 0.303 e. The monoisotopic (exact) mass is 227 g/mol. The van der Waals surface area contributed by atoms with E-state index in [0.717, 1.165) is 19.0 Å². The van der Waals surface area contributed by atoms with Crippen LogP contribution in [0.4, 0.5) is 0 Å². The lowest BCUT2D eigenvalue weighted by atomic mass is 10.1. The lowest BCUT2D eigenvalue weighted by molar-refractivity contribution is -0.121. The van der Waals surface area contributed by atoms with E-state index in [1.807, 2.05) is 0 Å². The minimum Gasteiger partial charge on any atom is -0.303 e. The van der Waals surface area contributed by atoms with E-state index in [2.05, 4.69) is 17.4 Å². The summed E-state index contributed by atoms with van der Waals surface area (Å²) in [6.07, 6.45) is 9.57. The van der Waals surface area contributed by atoms with E-state index in [1.165, 1.54) is 38.5 Å². The number of hydrazine groups is 1. The van der Waals surface area contributed by atoms with E-state index >= 15 is 0 Å². The molecule has 0 unspecified atom stereocenters. The molecule has 1 fully saturated rings. The highest BCUT2D eigenvalue weighted by Crippen LogP contribution is 2.21. The first kappa shape index (κ1) is 13.5. The molecule has 0 radical (unpaired) electrons. The van der Waals surface area contributed by atoms with Crippen LogP contribution in [0.25, 0.3) is 0 Å². The Morgan fingerprint density at radius 1 is 1.31 bits per heavy atom. The molecule has 16 heavy (non-hydrogen) atoms. The molecule has 0 aromatic heterocycles. The zero-order valence-electron chi connectivity index (χ0n) is 10.4. The molecule has 0 heterocycles. The normalized spacial score (nSPS) is 18.4. The number of carbonyl (C=O) groups excluding carboxylic acids is 1. The molecule has 94 valence electrons. The molecule has 0 spiro atoms. The van der Waals surface area contributed by atoms with Crippen molar-refractivity contribution in [2.24, 2.45) is 5.84 Å². The molecule has 1 aliphatic carbocycles. The summed E-state index contributed by atoms with van der Waals surface area (Å²) in [4.78, 5) is 13.4. The highest BCUT2D eigenvalue weighted by atomic mass is 16.2. The molecule has 1 aliphatic rings. The van der Waals surface area contributed by atoms with Crippen molar-refractivity contribution in [2.45, 2.75) is 57.4 Å². The summed E-state index contributed by atoms with van der Waals surface area (Å²) in [5.41, 5.74) is 2.17. The van der Waals surface area contributed by atoms with E-state index < -0.39 is 0 Å². The van der Waals surface area contributed by atoms with Gasteiger partial charge in [-0.05, 0) is 32.9 Å². The summed E-state index contributed by atoms with van der Waals surface area (Å²) in [5, 5.41) is 0. The van der Waals surface area contributed by atoms with E-state index in [1.54, 1.807) is 0 Å². The fourth-order valence-corrected chi connectivity index (χ4v) is 2.44. The summed E-state index contributed by atoms with van der Waals surface area (Å²) in [5.74, 6) is 4.98. The van der Waals surface area contributed by atoms with Crippen LogP contribution in [0, 0.1) is 0 Å². The number of hydrogen-bond donors (Lipinski definition) is 2.